The van der Waals surface area contributed by atoms with Crippen LogP contribution in [-0.4, -0.2) is 0 Å². The highest BCUT2D eigenvalue weighted by molar-refractivity contribution is 5.71. The van der Waals surface area contributed by atoms with Crippen LogP contribution in [0.15, 0.2) is 84.9 Å². The summed E-state index contributed by atoms with van der Waals surface area (Å²) >= 11 is 0. The van der Waals surface area contributed by atoms with Crippen molar-refractivity contribution in [1.29, 1.82) is 0 Å². The van der Waals surface area contributed by atoms with Crippen molar-refractivity contribution in [2.45, 2.75) is 20.5 Å². The van der Waals surface area contributed by atoms with Gasteiger partial charge in [-0.25, -0.2) is 13.2 Å². The van der Waals surface area contributed by atoms with E-state index in [1.165, 1.54) is 18.2 Å². The van der Waals surface area contributed by atoms with E-state index in [2.05, 4.69) is 4.74 Å². The topological polar surface area (TPSA) is 9.23 Å². The van der Waals surface area contributed by atoms with Crippen molar-refractivity contribution >= 4 is 0 Å². The Labute approximate surface area is 189 Å². The molecule has 4 aromatic rings. The van der Waals surface area contributed by atoms with Gasteiger partial charge in [0.15, 0.2) is 11.6 Å². The number of benzene rings is 4. The molecule has 0 spiro atoms. The van der Waals surface area contributed by atoms with E-state index in [4.69, 9.17) is 0 Å². The quantitative estimate of drug-likeness (QED) is 0.274. The van der Waals surface area contributed by atoms with Crippen molar-refractivity contribution in [1.82, 2.24) is 0 Å². The van der Waals surface area contributed by atoms with Crippen LogP contribution in [0.5, 0.6) is 5.75 Å². The fourth-order valence-electron chi connectivity index (χ4n) is 3.27. The van der Waals surface area contributed by atoms with Crippen LogP contribution in [0.4, 0.5) is 22.0 Å². The largest absolute Gasteiger partial charge is 0.429 e. The lowest BCUT2D eigenvalue weighted by atomic mass is 9.98. The number of ether oxygens (including phenoxy) is 1. The maximum Gasteiger partial charge on any atom is 0.426 e. The standard InChI is InChI=1S/C26H17F5O.CH4/c1-16-2-4-17(5-3-16)19-8-12-22(24(28)14-19)18-6-9-20(10-7-18)26(30,31)32-21-11-13-23(27)25(29)15-21;/h2-15H,1H3;1H4. The van der Waals surface area contributed by atoms with Crippen molar-refractivity contribution in [3.05, 3.63) is 114 Å². The Balaban J connectivity index is 0.00000306. The summed E-state index contributed by atoms with van der Waals surface area (Å²) in [5, 5.41) is 0. The van der Waals surface area contributed by atoms with Crippen LogP contribution >= 0.6 is 0 Å². The Morgan fingerprint density at radius 1 is 0.606 bits per heavy atom. The molecule has 0 aromatic heterocycles. The maximum absolute atomic E-state index is 14.8. The number of hydrogen-bond donors (Lipinski definition) is 0. The Morgan fingerprint density at radius 3 is 1.82 bits per heavy atom. The minimum atomic E-state index is -3.79. The number of hydrogen-bond acceptors (Lipinski definition) is 1. The first-order valence-electron chi connectivity index (χ1n) is 9.72. The van der Waals surface area contributed by atoms with E-state index in [0.29, 0.717) is 23.3 Å². The highest BCUT2D eigenvalue weighted by Crippen LogP contribution is 2.34. The van der Waals surface area contributed by atoms with Gasteiger partial charge in [0.05, 0.1) is 5.56 Å². The lowest BCUT2D eigenvalue weighted by Gasteiger charge is -2.18. The molecule has 4 rings (SSSR count). The molecule has 0 radical (unpaired) electrons. The van der Waals surface area contributed by atoms with Gasteiger partial charge in [0.2, 0.25) is 0 Å². The predicted molar refractivity (Wildman–Crippen MR) is 120 cm³/mol. The summed E-state index contributed by atoms with van der Waals surface area (Å²) in [6, 6.07) is 19.5. The van der Waals surface area contributed by atoms with Gasteiger partial charge in [-0.2, -0.15) is 8.78 Å². The Morgan fingerprint density at radius 2 is 1.21 bits per heavy atom. The minimum Gasteiger partial charge on any atom is -0.429 e. The summed E-state index contributed by atoms with van der Waals surface area (Å²) in [7, 11) is 0. The predicted octanol–water partition coefficient (Wildman–Crippen LogP) is 8.51. The minimum absolute atomic E-state index is 0. The molecule has 0 saturated heterocycles. The van der Waals surface area contributed by atoms with Crippen LogP contribution < -0.4 is 4.74 Å². The Bertz CT molecular complexity index is 1250. The molecule has 0 aliphatic carbocycles. The zero-order chi connectivity index (χ0) is 22.9. The number of rotatable bonds is 5. The molecule has 4 aromatic carbocycles. The summed E-state index contributed by atoms with van der Waals surface area (Å²) < 4.78 is 74.4. The molecule has 0 bridgehead atoms. The third kappa shape index (κ3) is 5.22. The molecule has 0 unspecified atom stereocenters. The van der Waals surface area contributed by atoms with Crippen LogP contribution in [0.3, 0.4) is 0 Å². The van der Waals surface area contributed by atoms with E-state index in [9.17, 15) is 22.0 Å². The lowest BCUT2D eigenvalue weighted by Crippen LogP contribution is -2.21. The van der Waals surface area contributed by atoms with Crippen LogP contribution in [0.25, 0.3) is 22.3 Å². The molecule has 0 atom stereocenters. The highest BCUT2D eigenvalue weighted by Gasteiger charge is 2.34. The zero-order valence-electron chi connectivity index (χ0n) is 16.9. The van der Waals surface area contributed by atoms with Gasteiger partial charge in [-0.15, -0.1) is 0 Å². The molecule has 0 amide bonds. The third-order valence-corrected chi connectivity index (χ3v) is 5.02. The molecule has 0 N–H and O–H groups in total. The van der Waals surface area contributed by atoms with Gasteiger partial charge in [-0.1, -0.05) is 61.5 Å². The average Bonchev–Trinajstić information content (AvgIpc) is 2.77. The lowest BCUT2D eigenvalue weighted by molar-refractivity contribution is -0.185. The van der Waals surface area contributed by atoms with E-state index in [1.807, 2.05) is 31.2 Å². The van der Waals surface area contributed by atoms with Crippen LogP contribution in [0.2, 0.25) is 0 Å². The van der Waals surface area contributed by atoms with E-state index in [1.54, 1.807) is 12.1 Å². The number of alkyl halides is 2. The van der Waals surface area contributed by atoms with Crippen LogP contribution in [0.1, 0.15) is 18.6 Å². The summed E-state index contributed by atoms with van der Waals surface area (Å²) in [6.45, 7) is 1.96. The smallest absolute Gasteiger partial charge is 0.426 e. The van der Waals surface area contributed by atoms with Gasteiger partial charge < -0.3 is 4.74 Å². The monoisotopic (exact) mass is 456 g/mol. The van der Waals surface area contributed by atoms with E-state index >= 15 is 0 Å². The molecule has 0 aliphatic rings. The van der Waals surface area contributed by atoms with Crippen LogP contribution in [0, 0.1) is 24.4 Å². The average molecular weight is 456 g/mol. The van der Waals surface area contributed by atoms with Crippen molar-refractivity contribution in [2.75, 3.05) is 0 Å². The summed E-state index contributed by atoms with van der Waals surface area (Å²) in [5.41, 5.74) is 2.82. The summed E-state index contributed by atoms with van der Waals surface area (Å²) in [4.78, 5) is 0. The molecule has 170 valence electrons. The molecule has 1 nitrogen and oxygen atoms in total. The normalized spacial score (nSPS) is 11.1. The molecule has 0 fully saturated rings. The zero-order valence-corrected chi connectivity index (χ0v) is 16.9. The second-order valence-electron chi connectivity index (χ2n) is 7.33. The Kier molecular flexibility index (Phi) is 6.86. The summed E-state index contributed by atoms with van der Waals surface area (Å²) in [5.74, 6) is -3.46. The second-order valence-corrected chi connectivity index (χ2v) is 7.33. The first kappa shape index (κ1) is 24.0. The van der Waals surface area contributed by atoms with Crippen molar-refractivity contribution in [3.63, 3.8) is 0 Å². The van der Waals surface area contributed by atoms with Gasteiger partial charge in [0.1, 0.15) is 11.6 Å². The van der Waals surface area contributed by atoms with Gasteiger partial charge in [0.25, 0.3) is 0 Å². The number of aryl methyl sites for hydroxylation is 1. The fourth-order valence-corrected chi connectivity index (χ4v) is 3.27. The molecule has 33 heavy (non-hydrogen) atoms. The molecular weight excluding hydrogens is 435 g/mol. The SMILES string of the molecule is C.Cc1ccc(-c2ccc(-c3ccc(C(F)(F)Oc4ccc(F)c(F)c4)cc3)c(F)c2)cc1. The van der Waals surface area contributed by atoms with E-state index in [-0.39, 0.29) is 13.0 Å². The van der Waals surface area contributed by atoms with E-state index < -0.39 is 34.9 Å². The number of halogens is 5. The Hall–Kier alpha value is -3.67. The van der Waals surface area contributed by atoms with Gasteiger partial charge in [-0.3, -0.25) is 0 Å². The molecule has 0 heterocycles. The van der Waals surface area contributed by atoms with Crippen molar-refractivity contribution in [3.8, 4) is 28.0 Å². The molecule has 6 heteroatoms. The van der Waals surface area contributed by atoms with E-state index in [0.717, 1.165) is 29.3 Å². The molecule has 0 aliphatic heterocycles. The van der Waals surface area contributed by atoms with Crippen molar-refractivity contribution < 1.29 is 26.7 Å². The molecule has 0 saturated carbocycles. The van der Waals surface area contributed by atoms with Crippen LogP contribution in [-0.2, 0) is 6.11 Å². The summed E-state index contributed by atoms with van der Waals surface area (Å²) in [6.07, 6.45) is -3.79. The second kappa shape index (κ2) is 9.45. The van der Waals surface area contributed by atoms with Gasteiger partial charge in [-0.05, 0) is 53.9 Å². The third-order valence-electron chi connectivity index (χ3n) is 5.02. The first-order valence-corrected chi connectivity index (χ1v) is 9.72. The van der Waals surface area contributed by atoms with Crippen molar-refractivity contribution in [2.24, 2.45) is 0 Å². The highest BCUT2D eigenvalue weighted by atomic mass is 19.3. The van der Waals surface area contributed by atoms with Gasteiger partial charge in [0, 0.05) is 11.6 Å². The maximum atomic E-state index is 14.8. The van der Waals surface area contributed by atoms with Gasteiger partial charge >= 0.3 is 6.11 Å². The molecular formula is C27H21F5O. The first-order chi connectivity index (χ1) is 15.2. The fraction of sp³-hybridized carbons (Fsp3) is 0.111.